The lowest BCUT2D eigenvalue weighted by Crippen LogP contribution is -1.98. The van der Waals surface area contributed by atoms with Crippen molar-refractivity contribution >= 4 is 0 Å². The van der Waals surface area contributed by atoms with Crippen molar-refractivity contribution in [3.05, 3.63) is 158 Å². The molecule has 0 aromatic heterocycles. The molecule has 6 aromatic rings. The molecule has 0 heterocycles. The topological polar surface area (TPSA) is 0 Å². The fourth-order valence-electron chi connectivity index (χ4n) is 5.08. The van der Waals surface area contributed by atoms with E-state index >= 15 is 0 Å². The number of hydrogen-bond acceptors (Lipinski definition) is 0. The Morgan fingerprint density at radius 1 is 0.222 bits per heavy atom. The first kappa shape index (κ1) is 21.8. The zero-order valence-electron chi connectivity index (χ0n) is 20.0. The van der Waals surface area contributed by atoms with Crippen LogP contribution in [-0.2, 0) is 0 Å². The Morgan fingerprint density at radius 2 is 0.472 bits per heavy atom. The highest BCUT2D eigenvalue weighted by molar-refractivity contribution is 6.07. The molecule has 6 aromatic carbocycles. The molecule has 0 saturated heterocycles. The van der Waals surface area contributed by atoms with Gasteiger partial charge in [-0.1, -0.05) is 152 Å². The standard InChI is InChI=1S/C36H26/c1-6-16-27(17-7-1)32-26-33(28-18-8-2-9-19-28)35(30-22-12-4-13-23-30)36(31-24-14-5-15-25-31)34(32)29-20-10-3-11-21-29/h1-26H. The van der Waals surface area contributed by atoms with Crippen molar-refractivity contribution in [3.63, 3.8) is 0 Å². The van der Waals surface area contributed by atoms with E-state index in [1.807, 2.05) is 0 Å². The van der Waals surface area contributed by atoms with E-state index in [0.29, 0.717) is 0 Å². The van der Waals surface area contributed by atoms with Crippen molar-refractivity contribution in [2.75, 3.05) is 0 Å². The molecule has 170 valence electrons. The molecule has 36 heavy (non-hydrogen) atoms. The van der Waals surface area contributed by atoms with Crippen LogP contribution in [0.15, 0.2) is 158 Å². The van der Waals surface area contributed by atoms with Crippen molar-refractivity contribution in [1.29, 1.82) is 0 Å². The zero-order chi connectivity index (χ0) is 24.2. The van der Waals surface area contributed by atoms with Crippen LogP contribution < -0.4 is 0 Å². The van der Waals surface area contributed by atoms with Crippen LogP contribution in [0.25, 0.3) is 55.6 Å². The van der Waals surface area contributed by atoms with Crippen molar-refractivity contribution in [2.24, 2.45) is 0 Å². The molecule has 0 aliphatic heterocycles. The summed E-state index contributed by atoms with van der Waals surface area (Å²) in [4.78, 5) is 0. The zero-order valence-corrected chi connectivity index (χ0v) is 20.0. The van der Waals surface area contributed by atoms with Gasteiger partial charge in [-0.2, -0.15) is 0 Å². The predicted octanol–water partition coefficient (Wildman–Crippen LogP) is 10.0. The SMILES string of the molecule is c1ccc(-c2cc(-c3ccccc3)c(-c3ccccc3)c(-c3ccccc3)c2-c2ccccc2)cc1. The second-order valence-corrected chi connectivity index (χ2v) is 8.93. The van der Waals surface area contributed by atoms with E-state index < -0.39 is 0 Å². The molecule has 0 N–H and O–H groups in total. The predicted molar refractivity (Wildman–Crippen MR) is 154 cm³/mol. The molecule has 0 heteroatoms. The van der Waals surface area contributed by atoms with Gasteiger partial charge >= 0.3 is 0 Å². The van der Waals surface area contributed by atoms with E-state index in [9.17, 15) is 0 Å². The smallest absolute Gasteiger partial charge is 0.00143 e. The minimum absolute atomic E-state index is 1.21. The Bertz CT molecular complexity index is 1470. The Balaban J connectivity index is 1.84. The van der Waals surface area contributed by atoms with Gasteiger partial charge in [0.05, 0.1) is 0 Å². The van der Waals surface area contributed by atoms with Gasteiger partial charge in [0.2, 0.25) is 0 Å². The van der Waals surface area contributed by atoms with Crippen molar-refractivity contribution in [3.8, 4) is 55.6 Å². The number of rotatable bonds is 5. The summed E-state index contributed by atoms with van der Waals surface area (Å²) in [5.74, 6) is 0. The molecule has 0 nitrogen and oxygen atoms in total. The van der Waals surface area contributed by atoms with Gasteiger partial charge < -0.3 is 0 Å². The molecule has 6 rings (SSSR count). The summed E-state index contributed by atoms with van der Waals surface area (Å²) in [7, 11) is 0. The largest absolute Gasteiger partial charge is 0.0622 e. The molecule has 0 aliphatic carbocycles. The minimum Gasteiger partial charge on any atom is -0.0622 e. The third kappa shape index (κ3) is 4.15. The number of hydrogen-bond donors (Lipinski definition) is 0. The fourth-order valence-corrected chi connectivity index (χ4v) is 5.08. The summed E-state index contributed by atoms with van der Waals surface area (Å²) in [5, 5.41) is 0. The van der Waals surface area contributed by atoms with Crippen molar-refractivity contribution in [2.45, 2.75) is 0 Å². The second kappa shape index (κ2) is 9.90. The van der Waals surface area contributed by atoms with E-state index in [-0.39, 0.29) is 0 Å². The maximum absolute atomic E-state index is 2.39. The molecule has 0 radical (unpaired) electrons. The maximum Gasteiger partial charge on any atom is -0.00143 e. The normalized spacial score (nSPS) is 10.8. The van der Waals surface area contributed by atoms with Crippen LogP contribution in [-0.4, -0.2) is 0 Å². The van der Waals surface area contributed by atoms with Crippen LogP contribution >= 0.6 is 0 Å². The van der Waals surface area contributed by atoms with Gasteiger partial charge in [-0.05, 0) is 61.7 Å². The van der Waals surface area contributed by atoms with Gasteiger partial charge in [-0.3, -0.25) is 0 Å². The first-order valence-corrected chi connectivity index (χ1v) is 12.4. The van der Waals surface area contributed by atoms with Crippen LogP contribution in [0.3, 0.4) is 0 Å². The molecule has 0 atom stereocenters. The molecule has 0 aliphatic rings. The van der Waals surface area contributed by atoms with Crippen LogP contribution in [0.2, 0.25) is 0 Å². The van der Waals surface area contributed by atoms with E-state index in [1.54, 1.807) is 0 Å². The molecule has 0 amide bonds. The number of benzene rings is 6. The first-order valence-electron chi connectivity index (χ1n) is 12.4. The maximum atomic E-state index is 2.39. The van der Waals surface area contributed by atoms with Gasteiger partial charge in [-0.25, -0.2) is 0 Å². The van der Waals surface area contributed by atoms with Crippen molar-refractivity contribution < 1.29 is 0 Å². The van der Waals surface area contributed by atoms with Crippen LogP contribution in [0, 0.1) is 0 Å². The average Bonchev–Trinajstić information content (AvgIpc) is 2.98. The Morgan fingerprint density at radius 3 is 0.778 bits per heavy atom. The lowest BCUT2D eigenvalue weighted by Gasteiger charge is -2.24. The van der Waals surface area contributed by atoms with E-state index in [4.69, 9.17) is 0 Å². The lowest BCUT2D eigenvalue weighted by atomic mass is 9.79. The van der Waals surface area contributed by atoms with Crippen LogP contribution in [0.1, 0.15) is 0 Å². The van der Waals surface area contributed by atoms with Gasteiger partial charge in [0.1, 0.15) is 0 Å². The minimum atomic E-state index is 1.21. The fraction of sp³-hybridized carbons (Fsp3) is 0. The van der Waals surface area contributed by atoms with E-state index in [0.717, 1.165) is 0 Å². The molecular formula is C36H26. The first-order chi connectivity index (χ1) is 17.9. The summed E-state index contributed by atoms with van der Waals surface area (Å²) in [5.41, 5.74) is 12.3. The molecule has 0 spiro atoms. The molecule has 0 unspecified atom stereocenters. The lowest BCUT2D eigenvalue weighted by molar-refractivity contribution is 1.53. The second-order valence-electron chi connectivity index (χ2n) is 8.93. The van der Waals surface area contributed by atoms with Crippen LogP contribution in [0.4, 0.5) is 0 Å². The van der Waals surface area contributed by atoms with Crippen LogP contribution in [0.5, 0.6) is 0 Å². The van der Waals surface area contributed by atoms with Gasteiger partial charge in [0.25, 0.3) is 0 Å². The monoisotopic (exact) mass is 458 g/mol. The van der Waals surface area contributed by atoms with Gasteiger partial charge in [-0.15, -0.1) is 0 Å². The third-order valence-electron chi connectivity index (χ3n) is 6.68. The molecular weight excluding hydrogens is 432 g/mol. The summed E-state index contributed by atoms with van der Waals surface area (Å²) in [6.45, 7) is 0. The average molecular weight is 459 g/mol. The van der Waals surface area contributed by atoms with Gasteiger partial charge in [0.15, 0.2) is 0 Å². The van der Waals surface area contributed by atoms with Crippen molar-refractivity contribution in [1.82, 2.24) is 0 Å². The Kier molecular flexibility index (Phi) is 6.00. The quantitative estimate of drug-likeness (QED) is 0.241. The Labute approximate surface area is 213 Å². The summed E-state index contributed by atoms with van der Waals surface area (Å²) < 4.78 is 0. The molecule has 0 bridgehead atoms. The van der Waals surface area contributed by atoms with Gasteiger partial charge in [0, 0.05) is 0 Å². The molecule has 0 fully saturated rings. The summed E-state index contributed by atoms with van der Waals surface area (Å²) in [6, 6.07) is 56.4. The van der Waals surface area contributed by atoms with E-state index in [2.05, 4.69) is 158 Å². The highest BCUT2D eigenvalue weighted by Crippen LogP contribution is 2.50. The highest BCUT2D eigenvalue weighted by atomic mass is 14.3. The van der Waals surface area contributed by atoms with E-state index in [1.165, 1.54) is 55.6 Å². The Hall–Kier alpha value is -4.68. The molecule has 0 saturated carbocycles. The third-order valence-corrected chi connectivity index (χ3v) is 6.68. The highest BCUT2D eigenvalue weighted by Gasteiger charge is 2.23. The summed E-state index contributed by atoms with van der Waals surface area (Å²) >= 11 is 0. The summed E-state index contributed by atoms with van der Waals surface area (Å²) in [6.07, 6.45) is 0.